The molecule has 326 valence electrons. The molecule has 14 nitrogen and oxygen atoms in total. The number of nitrogens with zero attached hydrogens (tertiary/aromatic N) is 6. The van der Waals surface area contributed by atoms with E-state index < -0.39 is 46.3 Å². The Hall–Kier alpha value is -6.40. The minimum atomic E-state index is -0.995. The largest absolute Gasteiger partial charge is 0.488 e. The molecule has 3 aromatic carbocycles. The molecule has 5 aliphatic rings. The molecule has 1 unspecified atom stereocenters. The average molecular weight is 855 g/mol. The van der Waals surface area contributed by atoms with Gasteiger partial charge in [0.15, 0.2) is 0 Å². The first-order valence-electron chi connectivity index (χ1n) is 21.8. The number of piperidine rings is 2. The molecular weight excluding hydrogens is 804 g/mol. The van der Waals surface area contributed by atoms with Crippen molar-refractivity contribution in [1.29, 1.82) is 5.26 Å². The van der Waals surface area contributed by atoms with Crippen molar-refractivity contribution in [2.24, 2.45) is 16.7 Å². The van der Waals surface area contributed by atoms with Crippen LogP contribution in [0, 0.1) is 33.9 Å². The molecule has 1 aromatic heterocycles. The third-order valence-electron chi connectivity index (χ3n) is 14.1. The molecule has 9 rings (SSSR count). The van der Waals surface area contributed by atoms with Gasteiger partial charge >= 0.3 is 0 Å². The van der Waals surface area contributed by atoms with E-state index >= 15 is 4.39 Å². The maximum atomic E-state index is 15.8. The number of anilines is 2. The van der Waals surface area contributed by atoms with Gasteiger partial charge in [-0.25, -0.2) is 4.39 Å². The highest BCUT2D eigenvalue weighted by Crippen LogP contribution is 2.56. The van der Waals surface area contributed by atoms with E-state index in [1.165, 1.54) is 6.07 Å². The number of ether oxygens (including phenoxy) is 1. The van der Waals surface area contributed by atoms with Crippen LogP contribution in [0.5, 0.6) is 5.75 Å². The SMILES string of the molecule is CC1(C)[C@H](NC(=O)c2ccc(N3CCC(CN4CCN(c5ccc6c(c5)C(=O)N(C5CCC(=O)NC5=O)C6=O)CC4)CC3)c(F)c2)C(C)(C)[C@H]1Oc1ccc(C#N)c2ncccc12. The maximum Gasteiger partial charge on any atom is 0.262 e. The number of halogens is 1. The van der Waals surface area contributed by atoms with Crippen LogP contribution in [0.4, 0.5) is 15.8 Å². The van der Waals surface area contributed by atoms with Gasteiger partial charge in [0.05, 0.1) is 27.9 Å². The van der Waals surface area contributed by atoms with Crippen molar-refractivity contribution in [1.82, 2.24) is 25.4 Å². The molecule has 1 atom stereocenters. The Labute approximate surface area is 365 Å². The minimum absolute atomic E-state index is 0.0748. The second kappa shape index (κ2) is 16.1. The lowest BCUT2D eigenvalue weighted by atomic mass is 9.49. The van der Waals surface area contributed by atoms with Crippen LogP contribution >= 0.6 is 0 Å². The third kappa shape index (κ3) is 7.43. The third-order valence-corrected chi connectivity index (χ3v) is 14.1. The molecule has 5 heterocycles. The highest BCUT2D eigenvalue weighted by atomic mass is 19.1. The average Bonchev–Trinajstić information content (AvgIpc) is 3.52. The molecule has 5 amide bonds. The fraction of sp³-hybridized carbons (Fsp3) is 0.438. The van der Waals surface area contributed by atoms with Gasteiger partial charge in [0.1, 0.15) is 29.8 Å². The molecule has 1 aliphatic carbocycles. The van der Waals surface area contributed by atoms with E-state index in [4.69, 9.17) is 4.74 Å². The number of carbonyl (C=O) groups is 5. The van der Waals surface area contributed by atoms with Gasteiger partial charge in [0, 0.05) is 91.9 Å². The number of piperazine rings is 1. The molecule has 2 N–H and O–H groups in total. The molecule has 1 saturated carbocycles. The van der Waals surface area contributed by atoms with E-state index in [9.17, 15) is 29.2 Å². The molecule has 15 heteroatoms. The van der Waals surface area contributed by atoms with Gasteiger partial charge in [-0.2, -0.15) is 5.26 Å². The first-order chi connectivity index (χ1) is 30.1. The molecule has 4 fully saturated rings. The second-order valence-corrected chi connectivity index (χ2v) is 18.7. The van der Waals surface area contributed by atoms with Gasteiger partial charge in [0.25, 0.3) is 17.7 Å². The number of hydrogen-bond donors (Lipinski definition) is 2. The second-order valence-electron chi connectivity index (χ2n) is 18.7. The number of rotatable bonds is 9. The van der Waals surface area contributed by atoms with Gasteiger partial charge < -0.3 is 19.9 Å². The molecule has 0 spiro atoms. The van der Waals surface area contributed by atoms with Crippen LogP contribution in [0.25, 0.3) is 10.9 Å². The van der Waals surface area contributed by atoms with Crippen LogP contribution < -0.4 is 25.2 Å². The first-order valence-corrected chi connectivity index (χ1v) is 21.8. The predicted octanol–water partition coefficient (Wildman–Crippen LogP) is 5.30. The van der Waals surface area contributed by atoms with E-state index in [0.29, 0.717) is 41.5 Å². The Bertz CT molecular complexity index is 2570. The highest BCUT2D eigenvalue weighted by Gasteiger charge is 2.64. The van der Waals surface area contributed by atoms with Crippen LogP contribution in [0.15, 0.2) is 66.9 Å². The van der Waals surface area contributed by atoms with Crippen LogP contribution in [-0.4, -0.2) is 108 Å². The Morgan fingerprint density at radius 1 is 0.889 bits per heavy atom. The predicted molar refractivity (Wildman–Crippen MR) is 233 cm³/mol. The summed E-state index contributed by atoms with van der Waals surface area (Å²) in [5.74, 6) is -1.73. The topological polar surface area (TPSA) is 168 Å². The zero-order chi connectivity index (χ0) is 44.4. The van der Waals surface area contributed by atoms with E-state index in [1.54, 1.807) is 42.6 Å². The minimum Gasteiger partial charge on any atom is -0.488 e. The number of pyridine rings is 1. The quantitative estimate of drug-likeness (QED) is 0.210. The summed E-state index contributed by atoms with van der Waals surface area (Å²) in [4.78, 5) is 76.3. The number of hydrogen-bond acceptors (Lipinski definition) is 11. The van der Waals surface area contributed by atoms with Crippen LogP contribution in [0.1, 0.15) is 90.0 Å². The molecule has 63 heavy (non-hydrogen) atoms. The maximum absolute atomic E-state index is 15.8. The summed E-state index contributed by atoms with van der Waals surface area (Å²) in [6.45, 7) is 13.7. The molecule has 0 radical (unpaired) electrons. The first kappa shape index (κ1) is 41.9. The lowest BCUT2D eigenvalue weighted by Crippen LogP contribution is -2.74. The monoisotopic (exact) mass is 854 g/mol. The van der Waals surface area contributed by atoms with E-state index in [-0.39, 0.29) is 47.6 Å². The Balaban J connectivity index is 0.754. The van der Waals surface area contributed by atoms with Crippen molar-refractivity contribution in [2.75, 3.05) is 55.6 Å². The van der Waals surface area contributed by atoms with Gasteiger partial charge in [-0.3, -0.25) is 44.1 Å². The zero-order valence-corrected chi connectivity index (χ0v) is 35.9. The number of fused-ring (bicyclic) bond motifs is 2. The number of imide groups is 2. The summed E-state index contributed by atoms with van der Waals surface area (Å²) in [5.41, 5.74) is 2.29. The lowest BCUT2D eigenvalue weighted by molar-refractivity contribution is -0.163. The number of amides is 5. The van der Waals surface area contributed by atoms with Crippen LogP contribution in [0.2, 0.25) is 0 Å². The summed E-state index contributed by atoms with van der Waals surface area (Å²) < 4.78 is 22.4. The van der Waals surface area contributed by atoms with Gasteiger partial charge in [-0.15, -0.1) is 0 Å². The normalized spacial score (nSPS) is 23.6. The Morgan fingerprint density at radius 2 is 1.62 bits per heavy atom. The molecular formula is C48H51FN8O6. The fourth-order valence-electron chi connectivity index (χ4n) is 11.0. The van der Waals surface area contributed by atoms with Crippen molar-refractivity contribution < 1.29 is 33.1 Å². The van der Waals surface area contributed by atoms with Crippen molar-refractivity contribution in [2.45, 2.75) is 71.6 Å². The van der Waals surface area contributed by atoms with Crippen molar-refractivity contribution in [3.8, 4) is 11.8 Å². The standard InChI is InChI=1S/C48H51FN8O6/c1-47(2)45(48(3,4)46(47)63-38-13-8-30(26-50)40-33(38)6-5-17-51-40)53-41(59)29-7-11-36(35(49)24-29)56-18-15-28(16-19-56)27-54-20-22-55(23-21-54)31-9-10-32-34(25-31)44(62)57(43(32)61)37-12-14-39(58)52-42(37)60/h5-11,13,17,24-25,28,37,45-46H,12,14-16,18-23,27H2,1-4H3,(H,53,59)(H,52,58,60)/t37?,45-,46-. The van der Waals surface area contributed by atoms with Crippen LogP contribution in [-0.2, 0) is 9.59 Å². The van der Waals surface area contributed by atoms with Gasteiger partial charge in [0.2, 0.25) is 11.8 Å². The molecule has 4 aliphatic heterocycles. The summed E-state index contributed by atoms with van der Waals surface area (Å²) in [5, 5.41) is 15.7. The van der Waals surface area contributed by atoms with Crippen molar-refractivity contribution in [3.63, 3.8) is 0 Å². The van der Waals surface area contributed by atoms with E-state index in [0.717, 1.165) is 61.5 Å². The Kier molecular flexibility index (Phi) is 10.7. The van der Waals surface area contributed by atoms with Gasteiger partial charge in [-0.05, 0) is 85.8 Å². The summed E-state index contributed by atoms with van der Waals surface area (Å²) in [6.07, 6.45) is 3.41. The fourth-order valence-corrected chi connectivity index (χ4v) is 11.0. The summed E-state index contributed by atoms with van der Waals surface area (Å²) in [7, 11) is 0. The number of carbonyl (C=O) groups excluding carboxylic acids is 5. The number of benzene rings is 3. The molecule has 3 saturated heterocycles. The molecule has 0 bridgehead atoms. The van der Waals surface area contributed by atoms with Crippen molar-refractivity contribution in [3.05, 3.63) is 94.9 Å². The lowest BCUT2D eigenvalue weighted by Gasteiger charge is -2.63. The Morgan fingerprint density at radius 3 is 2.32 bits per heavy atom. The highest BCUT2D eigenvalue weighted by molar-refractivity contribution is 6.23. The smallest absolute Gasteiger partial charge is 0.262 e. The molecule has 4 aromatic rings. The summed E-state index contributed by atoms with van der Waals surface area (Å²) in [6, 6.07) is 18.2. The van der Waals surface area contributed by atoms with E-state index in [2.05, 4.69) is 64.1 Å². The van der Waals surface area contributed by atoms with Crippen molar-refractivity contribution >= 4 is 51.8 Å². The number of nitrogens with one attached hydrogen (secondary N) is 2. The summed E-state index contributed by atoms with van der Waals surface area (Å²) >= 11 is 0. The van der Waals surface area contributed by atoms with Gasteiger partial charge in [-0.1, -0.05) is 27.7 Å². The van der Waals surface area contributed by atoms with Crippen LogP contribution in [0.3, 0.4) is 0 Å². The number of aromatic nitrogens is 1. The zero-order valence-electron chi connectivity index (χ0n) is 35.9. The number of nitriles is 1. The van der Waals surface area contributed by atoms with E-state index in [1.807, 2.05) is 18.2 Å².